The van der Waals surface area contributed by atoms with E-state index in [1.54, 1.807) is 0 Å². The van der Waals surface area contributed by atoms with Crippen molar-refractivity contribution >= 4 is 11.9 Å². The highest BCUT2D eigenvalue weighted by Crippen LogP contribution is 2.00. The van der Waals surface area contributed by atoms with Crippen LogP contribution in [0.4, 0.5) is 0 Å². The number of carbonyl (C=O) groups is 2. The predicted octanol–water partition coefficient (Wildman–Crippen LogP) is -0.571. The smallest absolute Gasteiger partial charge is 0.331 e. The topological polar surface area (TPSA) is 101 Å². The van der Waals surface area contributed by atoms with Gasteiger partial charge in [0, 0.05) is 13.3 Å². The summed E-state index contributed by atoms with van der Waals surface area (Å²) in [7, 11) is 0. The largest absolute Gasteiger partial charge is 0.480 e. The average Bonchev–Trinajstić information content (AvgIpc) is 2.00. The van der Waals surface area contributed by atoms with Gasteiger partial charge in [-0.3, -0.25) is 4.79 Å². The first-order chi connectivity index (χ1) is 5.37. The first-order valence-corrected chi connectivity index (χ1v) is 2.70. The molecule has 62 valence electrons. The summed E-state index contributed by atoms with van der Waals surface area (Å²) in [5.74, 6) is -2.83. The number of carboxylic acid groups (broad SMARTS) is 2. The maximum absolute atomic E-state index is 10.2. The number of rotatable bonds is 4. The molecule has 0 saturated carbocycles. The highest BCUT2D eigenvalue weighted by molar-refractivity contribution is 5.87. The van der Waals surface area contributed by atoms with Crippen molar-refractivity contribution in [2.45, 2.75) is 12.4 Å². The normalized spacial score (nSPS) is 16.3. The minimum Gasteiger partial charge on any atom is -0.480 e. The zero-order chi connectivity index (χ0) is 9.89. The van der Waals surface area contributed by atoms with Gasteiger partial charge in [0.2, 0.25) is 0 Å². The van der Waals surface area contributed by atoms with Crippen LogP contribution >= 0.6 is 0 Å². The summed E-state index contributed by atoms with van der Waals surface area (Å²) in [5.41, 5.74) is 4.46. The van der Waals surface area contributed by atoms with Gasteiger partial charge in [0.05, 0.1) is 0 Å². The fraction of sp³-hybridized carbons (Fsp3) is 0.333. The number of hydrogen-bond donors (Lipinski definition) is 3. The molecule has 11 heavy (non-hydrogen) atoms. The van der Waals surface area contributed by atoms with E-state index in [1.165, 1.54) is 0 Å². The van der Waals surface area contributed by atoms with Crippen molar-refractivity contribution in [3.63, 3.8) is 0 Å². The molecule has 5 nitrogen and oxygen atoms in total. The molecule has 2 atom stereocenters. The second-order valence-corrected chi connectivity index (χ2v) is 1.86. The van der Waals surface area contributed by atoms with E-state index in [0.29, 0.717) is 0 Å². The van der Waals surface area contributed by atoms with Gasteiger partial charge in [0.15, 0.2) is 0 Å². The Morgan fingerprint density at radius 2 is 2.09 bits per heavy atom. The summed E-state index contributed by atoms with van der Waals surface area (Å²) in [4.78, 5) is 20.4. The molecule has 0 spiro atoms. The monoisotopic (exact) mass is 160 g/mol. The Hall–Kier alpha value is -1.36. The molecule has 0 unspecified atom stereocenters. The molecule has 0 amide bonds. The average molecular weight is 160 g/mol. The third-order valence-corrected chi connectivity index (χ3v) is 0.941. The van der Waals surface area contributed by atoms with E-state index in [9.17, 15) is 9.59 Å². The maximum atomic E-state index is 10.2. The summed E-state index contributed by atoms with van der Waals surface area (Å²) < 4.78 is 7.06. The molecule has 0 aromatic rings. The van der Waals surface area contributed by atoms with Crippen molar-refractivity contribution in [1.29, 1.82) is 0 Å². The van der Waals surface area contributed by atoms with Crippen LogP contribution < -0.4 is 5.73 Å². The SMILES string of the molecule is [2H][C@@H](C(=C)C(=O)O)[C@H](N)C(=O)O. The fourth-order valence-corrected chi connectivity index (χ4v) is 0.359. The Labute approximate surface area is 64.5 Å². The van der Waals surface area contributed by atoms with Crippen molar-refractivity contribution in [2.24, 2.45) is 5.73 Å². The van der Waals surface area contributed by atoms with Gasteiger partial charge in [0.1, 0.15) is 6.04 Å². The van der Waals surface area contributed by atoms with Crippen LogP contribution in [0.1, 0.15) is 7.77 Å². The van der Waals surface area contributed by atoms with Gasteiger partial charge in [-0.25, -0.2) is 4.79 Å². The highest BCUT2D eigenvalue weighted by Gasteiger charge is 2.15. The first-order valence-electron chi connectivity index (χ1n) is 3.28. The van der Waals surface area contributed by atoms with Crippen LogP contribution in [-0.4, -0.2) is 28.2 Å². The van der Waals surface area contributed by atoms with Crippen molar-refractivity contribution in [3.05, 3.63) is 12.2 Å². The van der Waals surface area contributed by atoms with Crippen molar-refractivity contribution in [2.75, 3.05) is 0 Å². The molecule has 5 heteroatoms. The predicted molar refractivity (Wildman–Crippen MR) is 37.0 cm³/mol. The van der Waals surface area contributed by atoms with Crippen LogP contribution in [0.15, 0.2) is 12.2 Å². The molecule has 0 fully saturated rings. The minimum atomic E-state index is -1.55. The Kier molecular flexibility index (Phi) is 2.62. The Bertz CT molecular complexity index is 228. The zero-order valence-electron chi connectivity index (χ0n) is 6.65. The van der Waals surface area contributed by atoms with Gasteiger partial charge in [0.25, 0.3) is 0 Å². The van der Waals surface area contributed by atoms with Gasteiger partial charge in [-0.2, -0.15) is 0 Å². The summed E-state index contributed by atoms with van der Waals surface area (Å²) in [5, 5.41) is 16.6. The van der Waals surface area contributed by atoms with Crippen LogP contribution in [0.2, 0.25) is 0 Å². The van der Waals surface area contributed by atoms with E-state index in [4.69, 9.17) is 17.3 Å². The van der Waals surface area contributed by atoms with Crippen LogP contribution in [-0.2, 0) is 9.59 Å². The molecule has 0 bridgehead atoms. The molecule has 0 aliphatic rings. The zero-order valence-corrected chi connectivity index (χ0v) is 5.65. The standard InChI is InChI=1S/C6H9NO4/c1-3(5(8)9)2-4(7)6(10)11/h4H,1-2,7H2,(H,8,9)(H,10,11)/t4-/m0/s1/i2D/t2-,4-. The van der Waals surface area contributed by atoms with Crippen LogP contribution in [0.5, 0.6) is 0 Å². The number of nitrogens with two attached hydrogens (primary N) is 1. The minimum absolute atomic E-state index is 0.523. The number of carboxylic acids is 2. The molecular weight excluding hydrogens is 150 g/mol. The van der Waals surface area contributed by atoms with Gasteiger partial charge >= 0.3 is 11.9 Å². The second-order valence-electron chi connectivity index (χ2n) is 1.86. The van der Waals surface area contributed by atoms with Gasteiger partial charge in [-0.1, -0.05) is 6.58 Å². The molecule has 4 N–H and O–H groups in total. The molecular formula is C6H9NO4. The van der Waals surface area contributed by atoms with E-state index in [2.05, 4.69) is 6.58 Å². The maximum Gasteiger partial charge on any atom is 0.331 e. The lowest BCUT2D eigenvalue weighted by molar-refractivity contribution is -0.138. The van der Waals surface area contributed by atoms with Gasteiger partial charge in [-0.15, -0.1) is 0 Å². The molecule has 0 radical (unpaired) electrons. The number of hydrogen-bond acceptors (Lipinski definition) is 3. The van der Waals surface area contributed by atoms with Crippen LogP contribution in [0.3, 0.4) is 0 Å². The molecule has 0 saturated heterocycles. The van der Waals surface area contributed by atoms with Crippen molar-refractivity contribution in [3.8, 4) is 0 Å². The lowest BCUT2D eigenvalue weighted by atomic mass is 10.1. The quantitative estimate of drug-likeness (QED) is 0.478. The van der Waals surface area contributed by atoms with Crippen LogP contribution in [0.25, 0.3) is 0 Å². The third-order valence-electron chi connectivity index (χ3n) is 0.941. The fourth-order valence-electron chi connectivity index (χ4n) is 0.359. The number of aliphatic carboxylic acids is 2. The summed E-state index contributed by atoms with van der Waals surface area (Å²) in [6.07, 6.45) is -1.51. The third kappa shape index (κ3) is 3.36. The molecule has 0 aliphatic carbocycles. The van der Waals surface area contributed by atoms with Crippen molar-refractivity contribution in [1.82, 2.24) is 0 Å². The van der Waals surface area contributed by atoms with Crippen molar-refractivity contribution < 1.29 is 21.2 Å². The van der Waals surface area contributed by atoms with E-state index in [1.807, 2.05) is 0 Å². The molecule has 0 aromatic heterocycles. The first kappa shape index (κ1) is 7.74. The van der Waals surface area contributed by atoms with Gasteiger partial charge < -0.3 is 15.9 Å². The molecule has 0 heterocycles. The Morgan fingerprint density at radius 3 is 2.36 bits per heavy atom. The van der Waals surface area contributed by atoms with E-state index < -0.39 is 30.0 Å². The molecule has 0 aromatic carbocycles. The second kappa shape index (κ2) is 3.72. The summed E-state index contributed by atoms with van der Waals surface area (Å²) >= 11 is 0. The van der Waals surface area contributed by atoms with E-state index in [-0.39, 0.29) is 0 Å². The Balaban J connectivity index is 4.39. The lowest BCUT2D eigenvalue weighted by Gasteiger charge is -2.04. The summed E-state index contributed by atoms with van der Waals surface area (Å²) in [6, 6.07) is -1.55. The van der Waals surface area contributed by atoms with E-state index >= 15 is 0 Å². The molecule has 0 aliphatic heterocycles. The summed E-state index contributed by atoms with van der Waals surface area (Å²) in [6.45, 7) is 3.03. The Morgan fingerprint density at radius 1 is 1.64 bits per heavy atom. The highest BCUT2D eigenvalue weighted by atomic mass is 16.4. The lowest BCUT2D eigenvalue weighted by Crippen LogP contribution is -2.31. The van der Waals surface area contributed by atoms with E-state index in [0.717, 1.165) is 0 Å². The molecule has 0 rings (SSSR count). The van der Waals surface area contributed by atoms with Gasteiger partial charge in [-0.05, 0) is 0 Å². The van der Waals surface area contributed by atoms with Crippen LogP contribution in [0, 0.1) is 0 Å².